The smallest absolute Gasteiger partial charge is 0.254 e. The number of aromatic nitrogens is 2. The van der Waals surface area contributed by atoms with Gasteiger partial charge >= 0.3 is 0 Å². The number of nitrogens with zero attached hydrogens (tertiary/aromatic N) is 4. The summed E-state index contributed by atoms with van der Waals surface area (Å²) in [5.41, 5.74) is 1.78. The molecule has 0 aliphatic carbocycles. The molecular formula is C23H26N4O3S. The molecule has 2 aromatic carbocycles. The molecule has 0 unspecified atom stereocenters. The van der Waals surface area contributed by atoms with E-state index in [9.17, 15) is 4.79 Å². The summed E-state index contributed by atoms with van der Waals surface area (Å²) in [7, 11) is 3.17. The van der Waals surface area contributed by atoms with Gasteiger partial charge in [-0.25, -0.2) is 4.98 Å². The van der Waals surface area contributed by atoms with E-state index in [0.29, 0.717) is 30.2 Å². The normalized spacial score (nSPS) is 14.3. The first-order valence-corrected chi connectivity index (χ1v) is 11.1. The molecule has 2 heterocycles. The third kappa shape index (κ3) is 5.14. The lowest BCUT2D eigenvalue weighted by molar-refractivity contribution is 0.0766. The molecule has 1 aliphatic heterocycles. The van der Waals surface area contributed by atoms with Gasteiger partial charge in [0.25, 0.3) is 5.91 Å². The minimum atomic E-state index is -0.0129. The van der Waals surface area contributed by atoms with E-state index in [2.05, 4.69) is 21.4 Å². The summed E-state index contributed by atoms with van der Waals surface area (Å²) in [4.78, 5) is 22.0. The minimum Gasteiger partial charge on any atom is -0.497 e. The first-order chi connectivity index (χ1) is 15.2. The third-order valence-corrected chi connectivity index (χ3v) is 6.13. The second-order valence-electron chi connectivity index (χ2n) is 7.39. The van der Waals surface area contributed by atoms with Gasteiger partial charge in [0.2, 0.25) is 5.13 Å². The average molecular weight is 439 g/mol. The standard InChI is InChI=1S/C23H26N4O3S/c1-29-19-14-18(15-20(16-19)30-2)22(28)26-9-6-10-27(12-11-26)23-24-21(25-31-23)13-17-7-4-3-5-8-17/h3-5,7-8,14-16H,6,9-13H2,1-2H3. The van der Waals surface area contributed by atoms with Crippen LogP contribution in [0.2, 0.25) is 0 Å². The zero-order valence-electron chi connectivity index (χ0n) is 17.8. The number of benzene rings is 2. The Kier molecular flexibility index (Phi) is 6.66. The van der Waals surface area contributed by atoms with Crippen LogP contribution in [-0.4, -0.2) is 60.6 Å². The number of ether oxygens (including phenoxy) is 2. The molecule has 1 aliphatic rings. The molecular weight excluding hydrogens is 412 g/mol. The molecule has 0 saturated carbocycles. The number of hydrogen-bond acceptors (Lipinski definition) is 7. The maximum atomic E-state index is 13.1. The number of carbonyl (C=O) groups is 1. The molecule has 31 heavy (non-hydrogen) atoms. The van der Waals surface area contributed by atoms with E-state index in [1.807, 2.05) is 23.1 Å². The predicted octanol–water partition coefficient (Wildman–Crippen LogP) is 3.50. The maximum absolute atomic E-state index is 13.1. The molecule has 0 bridgehead atoms. The number of amides is 1. The van der Waals surface area contributed by atoms with Crippen molar-refractivity contribution in [3.8, 4) is 11.5 Å². The molecule has 0 radical (unpaired) electrons. The second-order valence-corrected chi connectivity index (χ2v) is 8.12. The van der Waals surface area contributed by atoms with Crippen LogP contribution < -0.4 is 14.4 Å². The lowest BCUT2D eigenvalue weighted by Crippen LogP contribution is -2.35. The van der Waals surface area contributed by atoms with Gasteiger partial charge in [0.15, 0.2) is 0 Å². The fraction of sp³-hybridized carbons (Fsp3) is 0.348. The summed E-state index contributed by atoms with van der Waals surface area (Å²) < 4.78 is 15.2. The second kappa shape index (κ2) is 9.78. The van der Waals surface area contributed by atoms with Crippen LogP contribution in [0.5, 0.6) is 11.5 Å². The van der Waals surface area contributed by atoms with Crippen LogP contribution in [-0.2, 0) is 6.42 Å². The van der Waals surface area contributed by atoms with Crippen LogP contribution in [0.25, 0.3) is 0 Å². The van der Waals surface area contributed by atoms with Crippen molar-refractivity contribution >= 4 is 22.6 Å². The third-order valence-electron chi connectivity index (χ3n) is 5.31. The summed E-state index contributed by atoms with van der Waals surface area (Å²) in [6.07, 6.45) is 1.61. The van der Waals surface area contributed by atoms with Gasteiger partial charge in [-0.2, -0.15) is 4.37 Å². The van der Waals surface area contributed by atoms with Crippen LogP contribution in [0.4, 0.5) is 5.13 Å². The van der Waals surface area contributed by atoms with Gasteiger partial charge in [-0.1, -0.05) is 30.3 Å². The van der Waals surface area contributed by atoms with E-state index >= 15 is 0 Å². The zero-order valence-corrected chi connectivity index (χ0v) is 18.6. The Hall–Kier alpha value is -3.13. The largest absolute Gasteiger partial charge is 0.497 e. The fourth-order valence-electron chi connectivity index (χ4n) is 3.65. The Bertz CT molecular complexity index is 1000. The molecule has 0 spiro atoms. The molecule has 0 N–H and O–H groups in total. The van der Waals surface area contributed by atoms with Crippen LogP contribution in [0, 0.1) is 0 Å². The number of hydrogen-bond donors (Lipinski definition) is 0. The lowest BCUT2D eigenvalue weighted by Gasteiger charge is -2.22. The van der Waals surface area contributed by atoms with E-state index in [-0.39, 0.29) is 5.91 Å². The Morgan fingerprint density at radius 2 is 1.74 bits per heavy atom. The monoisotopic (exact) mass is 438 g/mol. The Morgan fingerprint density at radius 3 is 2.45 bits per heavy atom. The van der Waals surface area contributed by atoms with E-state index in [1.54, 1.807) is 32.4 Å². The highest BCUT2D eigenvalue weighted by atomic mass is 32.1. The molecule has 1 fully saturated rings. The van der Waals surface area contributed by atoms with Crippen molar-refractivity contribution in [1.29, 1.82) is 0 Å². The van der Waals surface area contributed by atoms with Gasteiger partial charge in [-0.05, 0) is 24.1 Å². The Morgan fingerprint density at radius 1 is 1.00 bits per heavy atom. The Balaban J connectivity index is 1.41. The van der Waals surface area contributed by atoms with Gasteiger partial charge in [-0.3, -0.25) is 4.79 Å². The lowest BCUT2D eigenvalue weighted by atomic mass is 10.1. The Labute approximate surface area is 186 Å². The molecule has 4 rings (SSSR count). The van der Waals surface area contributed by atoms with Crippen molar-refractivity contribution in [3.05, 3.63) is 65.5 Å². The summed E-state index contributed by atoms with van der Waals surface area (Å²) in [5, 5.41) is 0.920. The van der Waals surface area contributed by atoms with Crippen molar-refractivity contribution in [2.45, 2.75) is 12.8 Å². The van der Waals surface area contributed by atoms with Crippen LogP contribution in [0.1, 0.15) is 28.2 Å². The molecule has 7 nitrogen and oxygen atoms in total. The van der Waals surface area contributed by atoms with Gasteiger partial charge in [-0.15, -0.1) is 0 Å². The highest BCUT2D eigenvalue weighted by Crippen LogP contribution is 2.25. The zero-order chi connectivity index (χ0) is 21.6. The summed E-state index contributed by atoms with van der Waals surface area (Å²) in [5.74, 6) is 2.05. The summed E-state index contributed by atoms with van der Waals surface area (Å²) in [6, 6.07) is 15.5. The van der Waals surface area contributed by atoms with E-state index < -0.39 is 0 Å². The van der Waals surface area contributed by atoms with Crippen LogP contribution in [0.15, 0.2) is 48.5 Å². The topological polar surface area (TPSA) is 67.8 Å². The maximum Gasteiger partial charge on any atom is 0.254 e. The molecule has 1 aromatic heterocycles. The van der Waals surface area contributed by atoms with Crippen molar-refractivity contribution in [2.75, 3.05) is 45.3 Å². The average Bonchev–Trinajstić information content (AvgIpc) is 3.13. The van der Waals surface area contributed by atoms with E-state index in [0.717, 1.165) is 36.9 Å². The van der Waals surface area contributed by atoms with Crippen molar-refractivity contribution < 1.29 is 14.3 Å². The molecule has 0 atom stereocenters. The van der Waals surface area contributed by atoms with Crippen LogP contribution >= 0.6 is 11.5 Å². The number of anilines is 1. The molecule has 3 aromatic rings. The van der Waals surface area contributed by atoms with E-state index in [4.69, 9.17) is 14.5 Å². The number of carbonyl (C=O) groups excluding carboxylic acids is 1. The highest BCUT2D eigenvalue weighted by Gasteiger charge is 2.23. The summed E-state index contributed by atoms with van der Waals surface area (Å²) in [6.45, 7) is 2.91. The molecule has 1 amide bonds. The van der Waals surface area contributed by atoms with Crippen molar-refractivity contribution in [1.82, 2.24) is 14.3 Å². The SMILES string of the molecule is COc1cc(OC)cc(C(=O)N2CCCN(c3nc(Cc4ccccc4)ns3)CC2)c1. The van der Waals surface area contributed by atoms with E-state index in [1.165, 1.54) is 17.1 Å². The molecule has 1 saturated heterocycles. The van der Waals surface area contributed by atoms with Gasteiger partial charge in [0, 0.05) is 55.8 Å². The molecule has 8 heteroatoms. The highest BCUT2D eigenvalue weighted by molar-refractivity contribution is 7.09. The number of methoxy groups -OCH3 is 2. The van der Waals surface area contributed by atoms with Crippen LogP contribution in [0.3, 0.4) is 0 Å². The summed E-state index contributed by atoms with van der Waals surface area (Å²) >= 11 is 1.43. The van der Waals surface area contributed by atoms with Crippen molar-refractivity contribution in [2.24, 2.45) is 0 Å². The van der Waals surface area contributed by atoms with Gasteiger partial charge < -0.3 is 19.3 Å². The minimum absolute atomic E-state index is 0.0129. The quantitative estimate of drug-likeness (QED) is 0.587. The predicted molar refractivity (Wildman–Crippen MR) is 121 cm³/mol. The number of rotatable bonds is 6. The molecule has 162 valence electrons. The van der Waals surface area contributed by atoms with Gasteiger partial charge in [0.05, 0.1) is 14.2 Å². The van der Waals surface area contributed by atoms with Crippen molar-refractivity contribution in [3.63, 3.8) is 0 Å². The fourth-order valence-corrected chi connectivity index (χ4v) is 4.39. The first-order valence-electron chi connectivity index (χ1n) is 10.3. The first kappa shape index (κ1) is 21.1. The van der Waals surface area contributed by atoms with Gasteiger partial charge in [0.1, 0.15) is 17.3 Å².